The molecule has 2 aliphatic heterocycles. The molecule has 1 saturated heterocycles. The van der Waals surface area contributed by atoms with Gasteiger partial charge in [0.15, 0.2) is 16.7 Å². The van der Waals surface area contributed by atoms with E-state index >= 15 is 0 Å². The monoisotopic (exact) mass is 685 g/mol. The molecule has 2 atom stereocenters. The first-order valence-electron chi connectivity index (χ1n) is 12.1. The number of β-lactam (4-membered cyclic amide) rings is 1. The number of pyridine rings is 1. The summed E-state index contributed by atoms with van der Waals surface area (Å²) in [4.78, 5) is 76.6. The Labute approximate surface area is 260 Å². The summed E-state index contributed by atoms with van der Waals surface area (Å²) in [5, 5.41) is 19.4. The number of carboxylic acid groups (broad SMARTS) is 1. The first kappa shape index (κ1) is 31.2. The van der Waals surface area contributed by atoms with E-state index in [0.717, 1.165) is 16.2 Å². The summed E-state index contributed by atoms with van der Waals surface area (Å²) in [6.07, 6.45) is 3.81. The van der Waals surface area contributed by atoms with Gasteiger partial charge in [0.05, 0.1) is 5.69 Å². The molecule has 0 spiro atoms. The molecule has 3 aromatic heterocycles. The third-order valence-electron chi connectivity index (χ3n) is 5.72. The number of aryl methyl sites for hydroxylation is 1. The van der Waals surface area contributed by atoms with Crippen molar-refractivity contribution in [1.82, 2.24) is 29.8 Å². The molecule has 0 saturated carbocycles. The van der Waals surface area contributed by atoms with Crippen LogP contribution >= 0.6 is 54.9 Å². The zero-order valence-electron chi connectivity index (χ0n) is 22.1. The van der Waals surface area contributed by atoms with Crippen LogP contribution in [0.4, 0.5) is 0 Å². The van der Waals surface area contributed by atoms with Crippen molar-refractivity contribution in [3.8, 4) is 16.5 Å². The zero-order chi connectivity index (χ0) is 30.7. The van der Waals surface area contributed by atoms with E-state index in [1.165, 1.54) is 34.9 Å². The summed E-state index contributed by atoms with van der Waals surface area (Å²) in [6.45, 7) is 1.77. The van der Waals surface area contributed by atoms with Gasteiger partial charge in [0.2, 0.25) is 11.5 Å². The lowest BCUT2D eigenvalue weighted by molar-refractivity contribution is -0.671. The first-order valence-corrected chi connectivity index (χ1v) is 16.9. The number of nitrogens with one attached hydrogen (secondary N) is 2. The molecule has 5 rings (SSSR count). The molecule has 2 aliphatic rings. The molecule has 1 unspecified atom stereocenters. The molecule has 226 valence electrons. The molecule has 2 amide bonds. The number of nitrogens with zero attached hydrogens (tertiary/aromatic N) is 6. The van der Waals surface area contributed by atoms with Gasteiger partial charge in [0.1, 0.15) is 30.8 Å². The van der Waals surface area contributed by atoms with Crippen molar-refractivity contribution in [2.24, 2.45) is 12.2 Å². The number of carbonyl (C=O) groups excluding carboxylic acids is 2. The van der Waals surface area contributed by atoms with Crippen molar-refractivity contribution in [2.75, 3.05) is 12.4 Å². The lowest BCUT2D eigenvalue weighted by Crippen LogP contribution is -2.71. The molecule has 3 aromatic rings. The molecule has 5 N–H and O–H groups in total. The van der Waals surface area contributed by atoms with Crippen LogP contribution in [-0.2, 0) is 26.3 Å². The minimum absolute atomic E-state index is 0.123. The Morgan fingerprint density at radius 3 is 2.77 bits per heavy atom. The van der Waals surface area contributed by atoms with Crippen molar-refractivity contribution >= 4 is 78.4 Å². The number of carbonyl (C=O) groups is 3. The van der Waals surface area contributed by atoms with E-state index in [4.69, 9.17) is 19.5 Å². The average molecular weight is 686 g/mol. The van der Waals surface area contributed by atoms with Crippen LogP contribution in [0.3, 0.4) is 0 Å². The van der Waals surface area contributed by atoms with E-state index in [1.807, 2.05) is 46.8 Å². The summed E-state index contributed by atoms with van der Waals surface area (Å²) < 4.78 is 6.51. The van der Waals surface area contributed by atoms with Gasteiger partial charge < -0.3 is 29.9 Å². The fourth-order valence-corrected chi connectivity index (χ4v) is 8.02. The number of aliphatic carboxylic acids is 1. The van der Waals surface area contributed by atoms with Crippen molar-refractivity contribution in [3.05, 3.63) is 46.3 Å². The van der Waals surface area contributed by atoms with Gasteiger partial charge in [-0.1, -0.05) is 22.2 Å². The quantitative estimate of drug-likeness (QED) is 0.0587. The number of thioether (sulfide) groups is 2. The SMILES string of the molecule is CCON=C(C(=O)NC1C(=O)N2C(C(=O)O)=C(Sc3nc(-c4cc[n+](C)cc4)cs3)CS[C@H]12)c1nsc(ONP(O)O)n1. The van der Waals surface area contributed by atoms with Crippen LogP contribution in [0, 0.1) is 0 Å². The predicted octanol–water partition coefficient (Wildman–Crippen LogP) is 0.810. The molecule has 0 aliphatic carbocycles. The number of thiazole rings is 1. The fraction of sp³-hybridized carbons (Fsp3) is 0.273. The van der Waals surface area contributed by atoms with E-state index in [1.54, 1.807) is 6.92 Å². The van der Waals surface area contributed by atoms with Crippen LogP contribution in [0.15, 0.2) is 50.0 Å². The highest BCUT2D eigenvalue weighted by Crippen LogP contribution is 2.46. The Kier molecular flexibility index (Phi) is 9.87. The number of carboxylic acids is 1. The van der Waals surface area contributed by atoms with Gasteiger partial charge in [-0.15, -0.1) is 23.1 Å². The van der Waals surface area contributed by atoms with Gasteiger partial charge in [-0.25, -0.2) is 14.3 Å². The van der Waals surface area contributed by atoms with Crippen LogP contribution in [0.1, 0.15) is 12.7 Å². The van der Waals surface area contributed by atoms with E-state index in [-0.39, 0.29) is 34.8 Å². The molecule has 5 heterocycles. The number of hydrogen-bond donors (Lipinski definition) is 5. The van der Waals surface area contributed by atoms with Crippen molar-refractivity contribution in [3.63, 3.8) is 0 Å². The van der Waals surface area contributed by atoms with Crippen molar-refractivity contribution < 1.29 is 43.5 Å². The highest BCUT2D eigenvalue weighted by atomic mass is 32.2. The molecule has 1 fully saturated rings. The second-order valence-electron chi connectivity index (χ2n) is 8.52. The Morgan fingerprint density at radius 1 is 1.30 bits per heavy atom. The number of rotatable bonds is 12. The first-order chi connectivity index (χ1) is 20.7. The van der Waals surface area contributed by atoms with E-state index in [2.05, 4.69) is 24.8 Å². The van der Waals surface area contributed by atoms with Gasteiger partial charge in [0.25, 0.3) is 20.3 Å². The standard InChI is InChI=1S/C22H21N8O8PS4/c1-3-37-26-13(16-25-21(43-27-16)38-28-39(35)36)17(31)24-14-18(32)30-15(20(33)34)12(9-40-19(14)30)42-22-23-11(8-41-22)10-4-6-29(2)7-5-10/h4-8,14,19,28,35-36H,3,9H2,1-2H3,(H-,24,31,33,34)/p+1/t14?,19-/m1/s1. The Hall–Kier alpha value is -3.23. The highest BCUT2D eigenvalue weighted by Gasteiger charge is 2.54. The van der Waals surface area contributed by atoms with E-state index in [0.29, 0.717) is 20.8 Å². The second kappa shape index (κ2) is 13.6. The van der Waals surface area contributed by atoms with Crippen molar-refractivity contribution in [2.45, 2.75) is 22.7 Å². The van der Waals surface area contributed by atoms with Gasteiger partial charge in [-0.05, 0) is 6.92 Å². The maximum atomic E-state index is 13.2. The second-order valence-corrected chi connectivity index (χ2v) is 13.3. The van der Waals surface area contributed by atoms with Gasteiger partial charge in [-0.3, -0.25) is 14.5 Å². The topological polar surface area (TPSA) is 213 Å². The molecular weight excluding hydrogens is 664 g/mol. The summed E-state index contributed by atoms with van der Waals surface area (Å²) in [7, 11) is -0.657. The summed E-state index contributed by atoms with van der Waals surface area (Å²) in [5.41, 5.74) is 1.18. The molecule has 0 bridgehead atoms. The number of aromatic nitrogens is 4. The fourth-order valence-electron chi connectivity index (χ4n) is 3.83. The molecule has 0 aromatic carbocycles. The van der Waals surface area contributed by atoms with Gasteiger partial charge >= 0.3 is 11.2 Å². The average Bonchev–Trinajstić information content (AvgIpc) is 3.65. The molecular formula is C22H22N8O8PS4+. The van der Waals surface area contributed by atoms with Crippen LogP contribution in [0.2, 0.25) is 0 Å². The van der Waals surface area contributed by atoms with Gasteiger partial charge in [0, 0.05) is 45.3 Å². The summed E-state index contributed by atoms with van der Waals surface area (Å²) >= 11 is 4.58. The van der Waals surface area contributed by atoms with Crippen LogP contribution in [-0.4, -0.2) is 81.4 Å². The predicted molar refractivity (Wildman–Crippen MR) is 157 cm³/mol. The van der Waals surface area contributed by atoms with Crippen molar-refractivity contribution in [1.29, 1.82) is 0 Å². The number of amides is 2. The summed E-state index contributed by atoms with van der Waals surface area (Å²) in [5.74, 6) is -2.61. The lowest BCUT2D eigenvalue weighted by atomic mass is 10.0. The van der Waals surface area contributed by atoms with Crippen LogP contribution in [0.25, 0.3) is 11.3 Å². The Balaban J connectivity index is 1.30. The number of hydrogen-bond acceptors (Lipinski definition) is 16. The van der Waals surface area contributed by atoms with Crippen LogP contribution < -0.4 is 20.0 Å². The minimum Gasteiger partial charge on any atom is -0.477 e. The molecule has 21 heteroatoms. The maximum Gasteiger partial charge on any atom is 0.353 e. The van der Waals surface area contributed by atoms with Gasteiger partial charge in [-0.2, -0.15) is 9.36 Å². The molecule has 0 radical (unpaired) electrons. The van der Waals surface area contributed by atoms with E-state index in [9.17, 15) is 19.5 Å². The lowest BCUT2D eigenvalue weighted by Gasteiger charge is -2.49. The molecule has 16 nitrogen and oxygen atoms in total. The zero-order valence-corrected chi connectivity index (χ0v) is 26.3. The maximum absolute atomic E-state index is 13.2. The largest absolute Gasteiger partial charge is 0.477 e. The molecule has 43 heavy (non-hydrogen) atoms. The van der Waals surface area contributed by atoms with E-state index < -0.39 is 37.7 Å². The number of oxime groups is 1. The Morgan fingerprint density at radius 2 is 2.07 bits per heavy atom. The number of fused-ring (bicyclic) bond motifs is 1. The smallest absolute Gasteiger partial charge is 0.353 e. The minimum atomic E-state index is -2.57. The normalized spacial score (nSPS) is 18.4. The highest BCUT2D eigenvalue weighted by molar-refractivity contribution is 8.07. The Bertz CT molecular complexity index is 1600. The summed E-state index contributed by atoms with van der Waals surface area (Å²) in [6, 6.07) is 2.82. The third-order valence-corrected chi connectivity index (χ3v) is 10.1. The third kappa shape index (κ3) is 6.96. The van der Waals surface area contributed by atoms with Crippen LogP contribution in [0.5, 0.6) is 5.19 Å².